The number of anilines is 1. The zero-order valence-electron chi connectivity index (χ0n) is 11.8. The van der Waals surface area contributed by atoms with E-state index < -0.39 is 6.10 Å². The summed E-state index contributed by atoms with van der Waals surface area (Å²) in [6.07, 6.45) is 3.48. The van der Waals surface area contributed by atoms with Gasteiger partial charge in [-0.1, -0.05) is 30.7 Å². The first-order valence-corrected chi connectivity index (χ1v) is 7.22. The van der Waals surface area contributed by atoms with Gasteiger partial charge >= 0.3 is 0 Å². The van der Waals surface area contributed by atoms with Gasteiger partial charge in [0.2, 0.25) is 5.91 Å². The number of benzene rings is 1. The van der Waals surface area contributed by atoms with Crippen LogP contribution in [0.3, 0.4) is 0 Å². The number of aromatic nitrogens is 2. The van der Waals surface area contributed by atoms with Crippen LogP contribution < -0.4 is 5.32 Å². The molecule has 1 aromatic carbocycles. The Bertz CT molecular complexity index is 595. The van der Waals surface area contributed by atoms with Crippen molar-refractivity contribution in [2.24, 2.45) is 0 Å². The van der Waals surface area contributed by atoms with Gasteiger partial charge in [0.25, 0.3) is 0 Å². The minimum Gasteiger partial charge on any atom is -0.388 e. The fourth-order valence-corrected chi connectivity index (χ4v) is 2.10. The number of nitrogens with one attached hydrogen (secondary N) is 1. The van der Waals surface area contributed by atoms with E-state index in [-0.39, 0.29) is 12.3 Å². The summed E-state index contributed by atoms with van der Waals surface area (Å²) in [5.74, 6) is -0.256. The van der Waals surface area contributed by atoms with Gasteiger partial charge in [0.05, 0.1) is 24.4 Å². The lowest BCUT2D eigenvalue weighted by atomic mass is 10.1. The van der Waals surface area contributed by atoms with Crippen molar-refractivity contribution < 1.29 is 9.90 Å². The molecule has 0 radical (unpaired) electrons. The van der Waals surface area contributed by atoms with Crippen LogP contribution in [0.1, 0.15) is 31.4 Å². The van der Waals surface area contributed by atoms with Crippen molar-refractivity contribution >= 4 is 23.2 Å². The number of aryl methyl sites for hydroxylation is 1. The zero-order valence-corrected chi connectivity index (χ0v) is 12.5. The highest BCUT2D eigenvalue weighted by atomic mass is 35.5. The van der Waals surface area contributed by atoms with Crippen molar-refractivity contribution in [1.82, 2.24) is 9.78 Å². The van der Waals surface area contributed by atoms with Crippen LogP contribution >= 0.6 is 11.6 Å². The van der Waals surface area contributed by atoms with E-state index in [1.165, 1.54) is 0 Å². The van der Waals surface area contributed by atoms with Crippen molar-refractivity contribution in [3.8, 4) is 0 Å². The molecule has 2 N–H and O–H groups in total. The van der Waals surface area contributed by atoms with E-state index in [2.05, 4.69) is 17.3 Å². The summed E-state index contributed by atoms with van der Waals surface area (Å²) in [4.78, 5) is 11.9. The maximum atomic E-state index is 11.9. The van der Waals surface area contributed by atoms with Gasteiger partial charge in [0, 0.05) is 17.8 Å². The summed E-state index contributed by atoms with van der Waals surface area (Å²) in [5, 5.41) is 17.5. The number of aliphatic hydroxyl groups is 1. The molecule has 2 aromatic rings. The van der Waals surface area contributed by atoms with E-state index >= 15 is 0 Å². The van der Waals surface area contributed by atoms with E-state index in [9.17, 15) is 9.90 Å². The molecule has 6 heteroatoms. The number of carbonyl (C=O) groups is 1. The number of carbonyl (C=O) groups excluding carboxylic acids is 1. The molecule has 0 aliphatic carbocycles. The zero-order chi connectivity index (χ0) is 15.2. The number of amides is 1. The Morgan fingerprint density at radius 1 is 1.43 bits per heavy atom. The van der Waals surface area contributed by atoms with Crippen molar-refractivity contribution in [2.45, 2.75) is 32.4 Å². The van der Waals surface area contributed by atoms with Gasteiger partial charge < -0.3 is 10.4 Å². The van der Waals surface area contributed by atoms with Crippen LogP contribution in [0.5, 0.6) is 0 Å². The molecule has 1 aromatic heterocycles. The minimum atomic E-state index is -0.854. The number of halogens is 1. The molecule has 0 saturated carbocycles. The summed E-state index contributed by atoms with van der Waals surface area (Å²) in [6, 6.07) is 6.79. The summed E-state index contributed by atoms with van der Waals surface area (Å²) < 4.78 is 1.77. The van der Waals surface area contributed by atoms with E-state index in [1.807, 2.05) is 0 Å². The first kappa shape index (κ1) is 15.5. The molecule has 21 heavy (non-hydrogen) atoms. The van der Waals surface area contributed by atoms with Crippen molar-refractivity contribution in [2.75, 3.05) is 5.32 Å². The molecule has 0 aliphatic heterocycles. The third kappa shape index (κ3) is 4.58. The quantitative estimate of drug-likeness (QED) is 0.862. The summed E-state index contributed by atoms with van der Waals surface area (Å²) in [7, 11) is 0. The van der Waals surface area contributed by atoms with Crippen LogP contribution in [-0.2, 0) is 11.3 Å². The van der Waals surface area contributed by atoms with Crippen LogP contribution in [0, 0.1) is 0 Å². The lowest BCUT2D eigenvalue weighted by Crippen LogP contribution is -2.15. The van der Waals surface area contributed by atoms with Crippen molar-refractivity contribution in [3.63, 3.8) is 0 Å². The SMILES string of the molecule is CCCn1cc(NC(=O)CC(O)c2ccc(Cl)cc2)cn1. The van der Waals surface area contributed by atoms with E-state index in [1.54, 1.807) is 41.3 Å². The Balaban J connectivity index is 1.89. The van der Waals surface area contributed by atoms with Gasteiger partial charge in [-0.2, -0.15) is 5.10 Å². The largest absolute Gasteiger partial charge is 0.388 e. The smallest absolute Gasteiger partial charge is 0.227 e. The molecule has 0 fully saturated rings. The Morgan fingerprint density at radius 3 is 2.81 bits per heavy atom. The molecule has 0 aliphatic rings. The van der Waals surface area contributed by atoms with Gasteiger partial charge in [-0.05, 0) is 24.1 Å². The normalized spacial score (nSPS) is 12.1. The summed E-state index contributed by atoms with van der Waals surface area (Å²) in [5.41, 5.74) is 1.30. The standard InChI is InChI=1S/C15H18ClN3O2/c1-2-7-19-10-13(9-17-19)18-15(21)8-14(20)11-3-5-12(16)6-4-11/h3-6,9-10,14,20H,2,7-8H2,1H3,(H,18,21). The number of hydrogen-bond donors (Lipinski definition) is 2. The van der Waals surface area contributed by atoms with Gasteiger partial charge in [0.1, 0.15) is 0 Å². The molecule has 1 amide bonds. The third-order valence-electron chi connectivity index (χ3n) is 3.00. The molecule has 0 saturated heterocycles. The highest BCUT2D eigenvalue weighted by Gasteiger charge is 2.13. The van der Waals surface area contributed by atoms with Gasteiger partial charge in [-0.15, -0.1) is 0 Å². The molecule has 0 spiro atoms. The lowest BCUT2D eigenvalue weighted by molar-refractivity contribution is -0.118. The van der Waals surface area contributed by atoms with E-state index in [0.717, 1.165) is 13.0 Å². The number of nitrogens with zero attached hydrogens (tertiary/aromatic N) is 2. The summed E-state index contributed by atoms with van der Waals surface area (Å²) >= 11 is 5.79. The van der Waals surface area contributed by atoms with E-state index in [4.69, 9.17) is 11.6 Å². The molecular weight excluding hydrogens is 290 g/mol. The summed E-state index contributed by atoms with van der Waals surface area (Å²) in [6.45, 7) is 2.87. The predicted octanol–water partition coefficient (Wildman–Crippen LogP) is 3.01. The number of hydrogen-bond acceptors (Lipinski definition) is 3. The molecule has 2 rings (SSSR count). The average molecular weight is 308 g/mol. The monoisotopic (exact) mass is 307 g/mol. The van der Waals surface area contributed by atoms with E-state index in [0.29, 0.717) is 16.3 Å². The molecule has 112 valence electrons. The number of rotatable bonds is 6. The molecule has 1 heterocycles. The predicted molar refractivity (Wildman–Crippen MR) is 82.2 cm³/mol. The van der Waals surface area contributed by atoms with Gasteiger partial charge in [-0.25, -0.2) is 0 Å². The van der Waals surface area contributed by atoms with Crippen LogP contribution in [0.4, 0.5) is 5.69 Å². The van der Waals surface area contributed by atoms with Crippen LogP contribution in [0.25, 0.3) is 0 Å². The Hall–Kier alpha value is -1.85. The molecular formula is C15H18ClN3O2. The van der Waals surface area contributed by atoms with Crippen LogP contribution in [-0.4, -0.2) is 20.8 Å². The third-order valence-corrected chi connectivity index (χ3v) is 3.26. The van der Waals surface area contributed by atoms with Gasteiger partial charge in [-0.3, -0.25) is 9.48 Å². The molecule has 5 nitrogen and oxygen atoms in total. The second-order valence-electron chi connectivity index (χ2n) is 4.81. The molecule has 1 atom stereocenters. The lowest BCUT2D eigenvalue weighted by Gasteiger charge is -2.10. The second kappa shape index (κ2) is 7.24. The average Bonchev–Trinajstić information content (AvgIpc) is 2.87. The van der Waals surface area contributed by atoms with Crippen LogP contribution in [0.2, 0.25) is 5.02 Å². The Morgan fingerprint density at radius 2 is 2.14 bits per heavy atom. The van der Waals surface area contributed by atoms with Gasteiger partial charge in [0.15, 0.2) is 0 Å². The van der Waals surface area contributed by atoms with Crippen molar-refractivity contribution in [1.29, 1.82) is 0 Å². The Labute approximate surface area is 128 Å². The second-order valence-corrected chi connectivity index (χ2v) is 5.25. The highest BCUT2D eigenvalue weighted by molar-refractivity contribution is 6.30. The highest BCUT2D eigenvalue weighted by Crippen LogP contribution is 2.19. The fourth-order valence-electron chi connectivity index (χ4n) is 1.97. The molecule has 0 bridgehead atoms. The Kier molecular flexibility index (Phi) is 5.36. The molecule has 1 unspecified atom stereocenters. The first-order chi connectivity index (χ1) is 10.1. The topological polar surface area (TPSA) is 67.2 Å². The van der Waals surface area contributed by atoms with Crippen LogP contribution in [0.15, 0.2) is 36.7 Å². The maximum Gasteiger partial charge on any atom is 0.227 e. The number of aliphatic hydroxyl groups excluding tert-OH is 1. The minimum absolute atomic E-state index is 0.0133. The maximum absolute atomic E-state index is 11.9. The first-order valence-electron chi connectivity index (χ1n) is 6.84. The fraction of sp³-hybridized carbons (Fsp3) is 0.333. The van der Waals surface area contributed by atoms with Crippen molar-refractivity contribution in [3.05, 3.63) is 47.2 Å².